The van der Waals surface area contributed by atoms with Crippen LogP contribution in [0.4, 0.5) is 13.2 Å². The molecule has 1 aliphatic rings. The van der Waals surface area contributed by atoms with Gasteiger partial charge in [0.05, 0.1) is 5.92 Å². The third kappa shape index (κ3) is 1.60. The van der Waals surface area contributed by atoms with Gasteiger partial charge in [0, 0.05) is 0 Å². The molecule has 0 heterocycles. The maximum atomic E-state index is 11.7. The van der Waals surface area contributed by atoms with Crippen molar-refractivity contribution in [2.24, 2.45) is 0 Å². The largest absolute Gasteiger partial charge is 0.395 e. The zero-order valence-electron chi connectivity index (χ0n) is 4.96. The van der Waals surface area contributed by atoms with Crippen LogP contribution in [0.2, 0.25) is 0 Å². The van der Waals surface area contributed by atoms with Crippen molar-refractivity contribution in [1.29, 1.82) is 0 Å². The Kier molecular flexibility index (Phi) is 1.68. The van der Waals surface area contributed by atoms with E-state index in [0.29, 0.717) is 0 Å². The van der Waals surface area contributed by atoms with E-state index in [9.17, 15) is 13.2 Å². The summed E-state index contributed by atoms with van der Waals surface area (Å²) in [6.45, 7) is 0. The van der Waals surface area contributed by atoms with Gasteiger partial charge in [-0.15, -0.1) is 0 Å². The lowest BCUT2D eigenvalue weighted by Gasteiger charge is -2.11. The lowest BCUT2D eigenvalue weighted by atomic mass is 10.1. The van der Waals surface area contributed by atoms with Crippen molar-refractivity contribution < 1.29 is 13.2 Å². The van der Waals surface area contributed by atoms with Crippen LogP contribution in [0.25, 0.3) is 0 Å². The van der Waals surface area contributed by atoms with Crippen molar-refractivity contribution in [1.82, 2.24) is 0 Å². The van der Waals surface area contributed by atoms with Gasteiger partial charge in [-0.05, 0) is 12.8 Å². The Labute approximate surface area is 52.1 Å². The first-order valence-electron chi connectivity index (χ1n) is 3.02. The normalized spacial score (nSPS) is 23.0. The van der Waals surface area contributed by atoms with Gasteiger partial charge in [-0.25, -0.2) is 0 Å². The minimum Gasteiger partial charge on any atom is -0.170 e. The Morgan fingerprint density at radius 2 is 1.44 bits per heavy atom. The molecule has 0 aromatic carbocycles. The van der Waals surface area contributed by atoms with Crippen molar-refractivity contribution in [2.45, 2.75) is 31.9 Å². The predicted molar refractivity (Wildman–Crippen MR) is 27.8 cm³/mol. The molecule has 1 fully saturated rings. The monoisotopic (exact) mass is 137 g/mol. The molecule has 0 nitrogen and oxygen atoms in total. The average Bonchev–Trinajstić information content (AvgIpc) is 2.08. The molecule has 53 valence electrons. The zero-order valence-corrected chi connectivity index (χ0v) is 4.96. The van der Waals surface area contributed by atoms with Gasteiger partial charge < -0.3 is 0 Å². The Hall–Kier alpha value is -0.210. The van der Waals surface area contributed by atoms with Crippen LogP contribution in [0.1, 0.15) is 25.7 Å². The van der Waals surface area contributed by atoms with E-state index in [1.165, 1.54) is 0 Å². The molecule has 0 saturated heterocycles. The minimum atomic E-state index is -4.00. The molecule has 0 bridgehead atoms. The van der Waals surface area contributed by atoms with Crippen LogP contribution in [-0.2, 0) is 0 Å². The molecular weight excluding hydrogens is 129 g/mol. The Balaban J connectivity index is 2.42. The van der Waals surface area contributed by atoms with E-state index in [1.54, 1.807) is 0 Å². The Bertz CT molecular complexity index is 89.0. The number of hydrogen-bond acceptors (Lipinski definition) is 0. The summed E-state index contributed by atoms with van der Waals surface area (Å²) in [6, 6.07) is 0. The first-order chi connectivity index (χ1) is 4.11. The summed E-state index contributed by atoms with van der Waals surface area (Å²) in [4.78, 5) is 0. The molecule has 0 unspecified atom stereocenters. The Morgan fingerprint density at radius 3 is 1.67 bits per heavy atom. The molecule has 1 aliphatic carbocycles. The van der Waals surface area contributed by atoms with Gasteiger partial charge in [0.25, 0.3) is 0 Å². The van der Waals surface area contributed by atoms with Crippen molar-refractivity contribution >= 4 is 0 Å². The second-order valence-electron chi connectivity index (χ2n) is 2.31. The molecule has 0 amide bonds. The van der Waals surface area contributed by atoms with Gasteiger partial charge in [-0.1, -0.05) is 12.8 Å². The molecule has 9 heavy (non-hydrogen) atoms. The third-order valence-corrected chi connectivity index (χ3v) is 1.61. The fraction of sp³-hybridized carbons (Fsp3) is 0.833. The first kappa shape index (κ1) is 6.90. The smallest absolute Gasteiger partial charge is 0.170 e. The van der Waals surface area contributed by atoms with E-state index in [-0.39, 0.29) is 18.8 Å². The lowest BCUT2D eigenvalue weighted by molar-refractivity contribution is -0.115. The summed E-state index contributed by atoms with van der Waals surface area (Å²) in [7, 11) is 0. The summed E-state index contributed by atoms with van der Waals surface area (Å²) >= 11 is 0. The second-order valence-corrected chi connectivity index (χ2v) is 2.31. The summed E-state index contributed by atoms with van der Waals surface area (Å²) in [5, 5.41) is 0. The average molecular weight is 137 g/mol. The van der Waals surface area contributed by atoms with Crippen molar-refractivity contribution in [2.75, 3.05) is 0 Å². The summed E-state index contributed by atoms with van der Waals surface area (Å²) < 4.78 is 35.2. The van der Waals surface area contributed by atoms with Gasteiger partial charge in [0.15, 0.2) is 0 Å². The molecule has 1 rings (SSSR count). The van der Waals surface area contributed by atoms with Crippen LogP contribution in [0.3, 0.4) is 0 Å². The van der Waals surface area contributed by atoms with E-state index in [4.69, 9.17) is 0 Å². The van der Waals surface area contributed by atoms with Crippen molar-refractivity contribution in [3.8, 4) is 0 Å². The van der Waals surface area contributed by atoms with Gasteiger partial charge >= 0.3 is 6.18 Å². The van der Waals surface area contributed by atoms with E-state index in [2.05, 4.69) is 0 Å². The molecule has 1 saturated carbocycles. The van der Waals surface area contributed by atoms with Gasteiger partial charge in [0.2, 0.25) is 0 Å². The molecule has 3 heteroatoms. The molecule has 0 aliphatic heterocycles. The highest BCUT2D eigenvalue weighted by Crippen LogP contribution is 2.40. The number of halogens is 3. The highest BCUT2D eigenvalue weighted by atomic mass is 19.4. The molecule has 0 spiro atoms. The maximum Gasteiger partial charge on any atom is 0.395 e. The van der Waals surface area contributed by atoms with Crippen LogP contribution in [0.5, 0.6) is 0 Å². The van der Waals surface area contributed by atoms with E-state index >= 15 is 0 Å². The van der Waals surface area contributed by atoms with Crippen LogP contribution < -0.4 is 0 Å². The van der Waals surface area contributed by atoms with Gasteiger partial charge in [-0.2, -0.15) is 13.2 Å². The maximum absolute atomic E-state index is 11.7. The SMILES string of the molecule is FC(F)(F)[C]1CCCC1. The van der Waals surface area contributed by atoms with Crippen LogP contribution >= 0.6 is 0 Å². The summed E-state index contributed by atoms with van der Waals surface area (Å²) in [5.74, 6) is -0.220. The van der Waals surface area contributed by atoms with Crippen molar-refractivity contribution in [3.05, 3.63) is 5.92 Å². The fourth-order valence-corrected chi connectivity index (χ4v) is 1.09. The van der Waals surface area contributed by atoms with E-state index < -0.39 is 6.18 Å². The predicted octanol–water partition coefficient (Wildman–Crippen LogP) is 2.70. The third-order valence-electron chi connectivity index (χ3n) is 1.61. The number of rotatable bonds is 0. The first-order valence-corrected chi connectivity index (χ1v) is 3.02. The number of alkyl halides is 3. The molecule has 0 aromatic heterocycles. The van der Waals surface area contributed by atoms with Crippen LogP contribution in [-0.4, -0.2) is 6.18 Å². The summed E-state index contributed by atoms with van der Waals surface area (Å²) in [5.41, 5.74) is 0. The quantitative estimate of drug-likeness (QED) is 0.481. The molecule has 0 aromatic rings. The molecule has 1 radical (unpaired) electrons. The fourth-order valence-electron chi connectivity index (χ4n) is 1.09. The van der Waals surface area contributed by atoms with Crippen molar-refractivity contribution in [3.63, 3.8) is 0 Å². The number of hydrogen-bond donors (Lipinski definition) is 0. The van der Waals surface area contributed by atoms with Crippen LogP contribution in [0, 0.1) is 5.92 Å². The van der Waals surface area contributed by atoms with Gasteiger partial charge in [-0.3, -0.25) is 0 Å². The second kappa shape index (κ2) is 2.20. The van der Waals surface area contributed by atoms with Crippen LogP contribution in [0.15, 0.2) is 0 Å². The van der Waals surface area contributed by atoms with E-state index in [0.717, 1.165) is 12.8 Å². The highest BCUT2D eigenvalue weighted by molar-refractivity contribution is 5.01. The molecular formula is C6H8F3. The molecule has 0 atom stereocenters. The Morgan fingerprint density at radius 1 is 1.00 bits per heavy atom. The lowest BCUT2D eigenvalue weighted by Crippen LogP contribution is -2.16. The van der Waals surface area contributed by atoms with E-state index in [1.807, 2.05) is 0 Å². The molecule has 0 N–H and O–H groups in total. The van der Waals surface area contributed by atoms with Gasteiger partial charge in [0.1, 0.15) is 0 Å². The summed E-state index contributed by atoms with van der Waals surface area (Å²) in [6.07, 6.45) is -2.03. The standard InChI is InChI=1S/C6H8F3/c7-6(8,9)5-3-1-2-4-5/h1-4H2. The minimum absolute atomic E-state index is 0.220. The topological polar surface area (TPSA) is 0 Å². The highest BCUT2D eigenvalue weighted by Gasteiger charge is 2.41. The zero-order chi connectivity index (χ0) is 6.91.